The molecule has 1 amide bonds. The zero-order valence-electron chi connectivity index (χ0n) is 14.1. The first-order valence-corrected chi connectivity index (χ1v) is 8.51. The second-order valence-electron chi connectivity index (χ2n) is 6.53. The molecule has 1 aromatic heterocycles. The van der Waals surface area contributed by atoms with Crippen LogP contribution in [-0.4, -0.2) is 28.8 Å². The predicted octanol–water partition coefficient (Wildman–Crippen LogP) is 3.46. The van der Waals surface area contributed by atoms with Crippen LogP contribution >= 0.6 is 23.2 Å². The van der Waals surface area contributed by atoms with Crippen LogP contribution in [-0.2, 0) is 12.1 Å². The Morgan fingerprint density at radius 2 is 1.96 bits per heavy atom. The fraction of sp³-hybridized carbons (Fsp3) is 0.412. The van der Waals surface area contributed by atoms with E-state index in [1.165, 1.54) is 0 Å². The van der Waals surface area contributed by atoms with Gasteiger partial charge in [0, 0.05) is 37.0 Å². The van der Waals surface area contributed by atoms with Crippen LogP contribution in [0, 0.1) is 0 Å². The Morgan fingerprint density at radius 1 is 1.21 bits per heavy atom. The molecule has 0 spiro atoms. The van der Waals surface area contributed by atoms with E-state index in [1.807, 2.05) is 17.1 Å². The van der Waals surface area contributed by atoms with E-state index in [-0.39, 0.29) is 11.4 Å². The Labute approximate surface area is 152 Å². The van der Waals surface area contributed by atoms with Crippen molar-refractivity contribution < 1.29 is 4.79 Å². The van der Waals surface area contributed by atoms with Gasteiger partial charge in [-0.15, -0.1) is 0 Å². The van der Waals surface area contributed by atoms with E-state index in [0.717, 1.165) is 5.56 Å². The van der Waals surface area contributed by atoms with Gasteiger partial charge < -0.3 is 10.6 Å². The molecule has 0 fully saturated rings. The van der Waals surface area contributed by atoms with Crippen LogP contribution in [0.15, 0.2) is 30.6 Å². The molecule has 7 heteroatoms. The van der Waals surface area contributed by atoms with Crippen LogP contribution in [0.4, 0.5) is 0 Å². The first kappa shape index (κ1) is 18.8. The number of benzene rings is 1. The van der Waals surface area contributed by atoms with Gasteiger partial charge in [-0.1, -0.05) is 23.2 Å². The summed E-state index contributed by atoms with van der Waals surface area (Å²) in [5.74, 6) is -0.170. The van der Waals surface area contributed by atoms with Crippen LogP contribution in [0.25, 0.3) is 0 Å². The number of aromatic nitrogens is 2. The van der Waals surface area contributed by atoms with Gasteiger partial charge in [0.05, 0.1) is 21.8 Å². The zero-order valence-corrected chi connectivity index (χ0v) is 15.6. The molecule has 0 aliphatic carbocycles. The lowest BCUT2D eigenvalue weighted by Gasteiger charge is -2.18. The van der Waals surface area contributed by atoms with E-state index in [0.29, 0.717) is 35.2 Å². The number of amides is 1. The molecule has 0 aliphatic rings. The molecule has 0 bridgehead atoms. The molecule has 1 aromatic carbocycles. The first-order chi connectivity index (χ1) is 11.3. The zero-order chi connectivity index (χ0) is 17.7. The Kier molecular flexibility index (Phi) is 6.27. The number of hydrogen-bond acceptors (Lipinski definition) is 3. The second-order valence-corrected chi connectivity index (χ2v) is 7.34. The van der Waals surface area contributed by atoms with Crippen molar-refractivity contribution in [2.24, 2.45) is 0 Å². The highest BCUT2D eigenvalue weighted by molar-refractivity contribution is 6.42. The molecule has 5 nitrogen and oxygen atoms in total. The highest BCUT2D eigenvalue weighted by atomic mass is 35.5. The molecular weight excluding hydrogens is 347 g/mol. The standard InChI is InChI=1S/C17H22Cl2N4O/c1-17(2,3)23-11-12(10-22-23)9-20-6-7-21-16(24)13-4-5-14(18)15(19)8-13/h4-5,8,10-11,20H,6-7,9H2,1-3H3,(H,21,24). The van der Waals surface area contributed by atoms with Gasteiger partial charge in [0.25, 0.3) is 5.91 Å². The average Bonchev–Trinajstić information content (AvgIpc) is 2.98. The number of halogens is 2. The maximum atomic E-state index is 12.0. The highest BCUT2D eigenvalue weighted by Gasteiger charge is 2.13. The Morgan fingerprint density at radius 3 is 2.58 bits per heavy atom. The minimum Gasteiger partial charge on any atom is -0.351 e. The van der Waals surface area contributed by atoms with Crippen molar-refractivity contribution in [3.63, 3.8) is 0 Å². The molecule has 2 N–H and O–H groups in total. The summed E-state index contributed by atoms with van der Waals surface area (Å²) in [4.78, 5) is 12.0. The summed E-state index contributed by atoms with van der Waals surface area (Å²) in [5.41, 5.74) is 1.59. The summed E-state index contributed by atoms with van der Waals surface area (Å²) >= 11 is 11.7. The number of carbonyl (C=O) groups is 1. The molecule has 0 saturated carbocycles. The third-order valence-electron chi connectivity index (χ3n) is 3.42. The van der Waals surface area contributed by atoms with Crippen LogP contribution in [0.5, 0.6) is 0 Å². The van der Waals surface area contributed by atoms with Crippen molar-refractivity contribution >= 4 is 29.1 Å². The van der Waals surface area contributed by atoms with Gasteiger partial charge in [-0.2, -0.15) is 5.10 Å². The maximum Gasteiger partial charge on any atom is 0.251 e. The van der Waals surface area contributed by atoms with Gasteiger partial charge in [-0.05, 0) is 39.0 Å². The second kappa shape index (κ2) is 8.01. The molecule has 0 saturated heterocycles. The minimum atomic E-state index is -0.170. The number of hydrogen-bond donors (Lipinski definition) is 2. The highest BCUT2D eigenvalue weighted by Crippen LogP contribution is 2.22. The largest absolute Gasteiger partial charge is 0.351 e. The van der Waals surface area contributed by atoms with Crippen LogP contribution in [0.2, 0.25) is 10.0 Å². The lowest BCUT2D eigenvalue weighted by Crippen LogP contribution is -2.31. The lowest BCUT2D eigenvalue weighted by molar-refractivity contribution is 0.0954. The summed E-state index contributed by atoms with van der Waals surface area (Å²) in [6.07, 6.45) is 3.88. The predicted molar refractivity (Wildman–Crippen MR) is 97.7 cm³/mol. The van der Waals surface area contributed by atoms with Crippen molar-refractivity contribution in [1.82, 2.24) is 20.4 Å². The summed E-state index contributed by atoms with van der Waals surface area (Å²) in [7, 11) is 0. The van der Waals surface area contributed by atoms with Gasteiger partial charge in [0.1, 0.15) is 0 Å². The van der Waals surface area contributed by atoms with Crippen molar-refractivity contribution in [1.29, 1.82) is 0 Å². The summed E-state index contributed by atoms with van der Waals surface area (Å²) in [5, 5.41) is 11.3. The molecule has 130 valence electrons. The van der Waals surface area contributed by atoms with Crippen molar-refractivity contribution in [2.75, 3.05) is 13.1 Å². The number of rotatable bonds is 6. The van der Waals surface area contributed by atoms with Gasteiger partial charge in [0.2, 0.25) is 0 Å². The lowest BCUT2D eigenvalue weighted by atomic mass is 10.1. The fourth-order valence-electron chi connectivity index (χ4n) is 2.05. The number of nitrogens with zero attached hydrogens (tertiary/aromatic N) is 2. The van der Waals surface area contributed by atoms with Gasteiger partial charge in [-0.25, -0.2) is 0 Å². The smallest absolute Gasteiger partial charge is 0.251 e. The minimum absolute atomic E-state index is 0.0217. The van der Waals surface area contributed by atoms with E-state index in [1.54, 1.807) is 18.2 Å². The average molecular weight is 369 g/mol. The molecule has 1 heterocycles. The molecule has 2 aromatic rings. The van der Waals surface area contributed by atoms with Crippen LogP contribution < -0.4 is 10.6 Å². The van der Waals surface area contributed by atoms with Crippen molar-refractivity contribution in [3.8, 4) is 0 Å². The summed E-state index contributed by atoms with van der Waals surface area (Å²) < 4.78 is 1.94. The molecule has 24 heavy (non-hydrogen) atoms. The molecule has 0 radical (unpaired) electrons. The number of carbonyl (C=O) groups excluding carboxylic acids is 1. The van der Waals surface area contributed by atoms with Gasteiger partial charge in [-0.3, -0.25) is 9.48 Å². The topological polar surface area (TPSA) is 59.0 Å². The van der Waals surface area contributed by atoms with Crippen LogP contribution in [0.3, 0.4) is 0 Å². The van der Waals surface area contributed by atoms with Crippen molar-refractivity contribution in [3.05, 3.63) is 51.8 Å². The Bertz CT molecular complexity index is 707. The van der Waals surface area contributed by atoms with E-state index in [2.05, 4.69) is 36.5 Å². The van der Waals surface area contributed by atoms with Crippen LogP contribution in [0.1, 0.15) is 36.7 Å². The maximum absolute atomic E-state index is 12.0. The monoisotopic (exact) mass is 368 g/mol. The molecule has 0 atom stereocenters. The van der Waals surface area contributed by atoms with E-state index < -0.39 is 0 Å². The van der Waals surface area contributed by atoms with E-state index >= 15 is 0 Å². The number of nitrogens with one attached hydrogen (secondary N) is 2. The summed E-state index contributed by atoms with van der Waals surface area (Å²) in [6.45, 7) is 8.21. The van der Waals surface area contributed by atoms with Crippen molar-refractivity contribution in [2.45, 2.75) is 32.9 Å². The normalized spacial score (nSPS) is 11.5. The van der Waals surface area contributed by atoms with Gasteiger partial charge in [0.15, 0.2) is 0 Å². The molecule has 2 rings (SSSR count). The third kappa shape index (κ3) is 5.23. The van der Waals surface area contributed by atoms with E-state index in [4.69, 9.17) is 23.2 Å². The molecular formula is C17H22Cl2N4O. The molecule has 0 aliphatic heterocycles. The fourth-order valence-corrected chi connectivity index (χ4v) is 2.35. The molecule has 0 unspecified atom stereocenters. The Balaban J connectivity index is 1.72. The Hall–Kier alpha value is -1.56. The third-order valence-corrected chi connectivity index (χ3v) is 4.16. The van der Waals surface area contributed by atoms with E-state index in [9.17, 15) is 4.79 Å². The first-order valence-electron chi connectivity index (χ1n) is 7.75. The quantitative estimate of drug-likeness (QED) is 0.767. The SMILES string of the molecule is CC(C)(C)n1cc(CNCCNC(=O)c2ccc(Cl)c(Cl)c2)cn1. The van der Waals surface area contributed by atoms with Gasteiger partial charge >= 0.3 is 0 Å². The summed E-state index contributed by atoms with van der Waals surface area (Å²) in [6, 6.07) is 4.83.